The molecule has 0 aliphatic rings. The fraction of sp³-hybridized carbons (Fsp3) is 0.667. The van der Waals surface area contributed by atoms with Gasteiger partial charge in [0.25, 0.3) is 0 Å². The molecular formula is C6H8Cl2O2S2. The maximum absolute atomic E-state index is 10.6. The first-order valence-electron chi connectivity index (χ1n) is 3.19. The highest BCUT2D eigenvalue weighted by atomic mass is 35.5. The highest BCUT2D eigenvalue weighted by Crippen LogP contribution is 2.17. The van der Waals surface area contributed by atoms with Crippen molar-refractivity contribution in [3.8, 4) is 0 Å². The van der Waals surface area contributed by atoms with Gasteiger partial charge in [-0.05, 0) is 29.6 Å². The molecule has 0 aromatic heterocycles. The van der Waals surface area contributed by atoms with E-state index in [4.69, 9.17) is 23.2 Å². The second-order valence-electron chi connectivity index (χ2n) is 2.21. The molecule has 0 aliphatic heterocycles. The van der Waals surface area contributed by atoms with Crippen LogP contribution in [0.25, 0.3) is 0 Å². The summed E-state index contributed by atoms with van der Waals surface area (Å²) in [6, 6.07) is 0. The molecule has 0 aliphatic carbocycles. The minimum Gasteiger partial charge on any atom is -0.281 e. The summed E-state index contributed by atoms with van der Waals surface area (Å²) in [7, 11) is 0. The molecule has 2 nitrogen and oxygen atoms in total. The van der Waals surface area contributed by atoms with Crippen molar-refractivity contribution in [2.45, 2.75) is 23.3 Å². The topological polar surface area (TPSA) is 34.1 Å². The van der Waals surface area contributed by atoms with Gasteiger partial charge in [-0.15, -0.1) is 0 Å². The molecule has 2 atom stereocenters. The summed E-state index contributed by atoms with van der Waals surface area (Å²) < 4.78 is 0. The Kier molecular flexibility index (Phi) is 6.45. The maximum atomic E-state index is 10.6. The van der Waals surface area contributed by atoms with Gasteiger partial charge in [0.2, 0.25) is 10.5 Å². The van der Waals surface area contributed by atoms with Crippen molar-refractivity contribution in [1.29, 1.82) is 0 Å². The molecule has 0 spiro atoms. The summed E-state index contributed by atoms with van der Waals surface area (Å²) in [6.45, 7) is 0. The third kappa shape index (κ3) is 5.30. The molecule has 0 heterocycles. The first-order valence-corrected chi connectivity index (χ1v) is 4.98. The van der Waals surface area contributed by atoms with E-state index in [-0.39, 0.29) is 11.7 Å². The maximum Gasteiger partial charge on any atom is 0.235 e. The van der Waals surface area contributed by atoms with Gasteiger partial charge >= 0.3 is 0 Å². The summed E-state index contributed by atoms with van der Waals surface area (Å²) in [5.74, 6) is 0. The Morgan fingerprint density at radius 1 is 1.25 bits per heavy atom. The lowest BCUT2D eigenvalue weighted by molar-refractivity contribution is -0.113. The van der Waals surface area contributed by atoms with E-state index in [1.807, 2.05) is 0 Å². The van der Waals surface area contributed by atoms with Crippen molar-refractivity contribution in [3.05, 3.63) is 0 Å². The summed E-state index contributed by atoms with van der Waals surface area (Å²) in [6.07, 6.45) is 0.578. The number of hydrogen-bond acceptors (Lipinski definition) is 4. The molecule has 0 N–H and O–H groups in total. The lowest BCUT2D eigenvalue weighted by Gasteiger charge is -2.12. The molecule has 0 fully saturated rings. The van der Waals surface area contributed by atoms with Gasteiger partial charge in [0, 0.05) is 11.7 Å². The van der Waals surface area contributed by atoms with Crippen LogP contribution in [0, 0.1) is 0 Å². The van der Waals surface area contributed by atoms with Gasteiger partial charge in [-0.25, -0.2) is 0 Å². The van der Waals surface area contributed by atoms with Crippen LogP contribution in [-0.4, -0.2) is 21.0 Å². The van der Waals surface area contributed by atoms with Crippen molar-refractivity contribution in [1.82, 2.24) is 0 Å². The summed E-state index contributed by atoms with van der Waals surface area (Å²) in [5, 5.41) is -2.00. The van der Waals surface area contributed by atoms with E-state index in [0.29, 0.717) is 6.42 Å². The summed E-state index contributed by atoms with van der Waals surface area (Å²) >= 11 is 18.2. The lowest BCUT2D eigenvalue weighted by Crippen LogP contribution is -2.21. The van der Waals surface area contributed by atoms with E-state index < -0.39 is 15.7 Å². The third-order valence-electron chi connectivity index (χ3n) is 1.23. The summed E-state index contributed by atoms with van der Waals surface area (Å²) in [5.41, 5.74) is 0. The molecule has 0 bridgehead atoms. The first-order chi connectivity index (χ1) is 5.45. The minimum absolute atomic E-state index is 0.178. The quantitative estimate of drug-likeness (QED) is 0.574. The molecule has 6 heteroatoms. The third-order valence-corrected chi connectivity index (χ3v) is 3.20. The smallest absolute Gasteiger partial charge is 0.235 e. The highest BCUT2D eigenvalue weighted by Gasteiger charge is 2.20. The van der Waals surface area contributed by atoms with Crippen LogP contribution in [0.2, 0.25) is 0 Å². The number of carbonyl (C=O) groups excluding carboxylic acids is 2. The fourth-order valence-corrected chi connectivity index (χ4v) is 1.33. The van der Waals surface area contributed by atoms with Crippen molar-refractivity contribution in [2.24, 2.45) is 0 Å². The predicted octanol–water partition coefficient (Wildman–Crippen LogP) is 1.89. The molecule has 0 amide bonds. The molecule has 0 aromatic carbocycles. The van der Waals surface area contributed by atoms with Crippen LogP contribution in [0.1, 0.15) is 12.8 Å². The molecule has 70 valence electrons. The largest absolute Gasteiger partial charge is 0.281 e. The van der Waals surface area contributed by atoms with Gasteiger partial charge < -0.3 is 0 Å². The van der Waals surface area contributed by atoms with E-state index in [1.54, 1.807) is 0 Å². The number of rotatable bonds is 5. The Labute approximate surface area is 91.8 Å². The highest BCUT2D eigenvalue weighted by molar-refractivity contribution is 7.86. The second-order valence-corrected chi connectivity index (χ2v) is 4.22. The zero-order valence-corrected chi connectivity index (χ0v) is 9.34. The molecule has 0 aromatic rings. The normalized spacial score (nSPS) is 15.3. The average Bonchev–Trinajstić information content (AvgIpc) is 1.98. The molecule has 0 rings (SSSR count). The minimum atomic E-state index is -0.647. The monoisotopic (exact) mass is 246 g/mol. The zero-order valence-electron chi connectivity index (χ0n) is 6.04. The SMILES string of the molecule is O=C(Cl)CCC(S)C(S)C(=O)Cl. The van der Waals surface area contributed by atoms with Gasteiger partial charge in [0.15, 0.2) is 0 Å². The van der Waals surface area contributed by atoms with Crippen LogP contribution >= 0.6 is 48.5 Å². The van der Waals surface area contributed by atoms with E-state index in [2.05, 4.69) is 25.3 Å². The second kappa shape index (κ2) is 6.13. The zero-order chi connectivity index (χ0) is 9.72. The number of carbonyl (C=O) groups is 2. The van der Waals surface area contributed by atoms with E-state index in [9.17, 15) is 9.59 Å². The van der Waals surface area contributed by atoms with Gasteiger partial charge in [-0.2, -0.15) is 25.3 Å². The van der Waals surface area contributed by atoms with Crippen molar-refractivity contribution in [2.75, 3.05) is 0 Å². The fourth-order valence-electron chi connectivity index (χ4n) is 0.570. The molecule has 0 radical (unpaired) electrons. The van der Waals surface area contributed by atoms with Crippen molar-refractivity contribution in [3.63, 3.8) is 0 Å². The number of halogens is 2. The van der Waals surface area contributed by atoms with Crippen molar-refractivity contribution >= 4 is 58.9 Å². The first kappa shape index (κ1) is 12.6. The number of thiol groups is 2. The Bertz CT molecular complexity index is 186. The average molecular weight is 247 g/mol. The molecule has 2 unspecified atom stereocenters. The van der Waals surface area contributed by atoms with Gasteiger partial charge in [-0.3, -0.25) is 9.59 Å². The van der Waals surface area contributed by atoms with Crippen LogP contribution in [0.15, 0.2) is 0 Å². The molecule has 12 heavy (non-hydrogen) atoms. The Morgan fingerprint density at radius 3 is 2.08 bits per heavy atom. The Balaban J connectivity index is 3.79. The Hall–Kier alpha value is 0.620. The Morgan fingerprint density at radius 2 is 1.75 bits per heavy atom. The van der Waals surface area contributed by atoms with Crippen LogP contribution in [0.5, 0.6) is 0 Å². The van der Waals surface area contributed by atoms with Crippen LogP contribution in [-0.2, 0) is 9.59 Å². The molecule has 0 saturated carbocycles. The van der Waals surface area contributed by atoms with Crippen LogP contribution < -0.4 is 0 Å². The lowest BCUT2D eigenvalue weighted by atomic mass is 10.2. The van der Waals surface area contributed by atoms with Gasteiger partial charge in [0.05, 0.1) is 5.25 Å². The molecular weight excluding hydrogens is 239 g/mol. The number of hydrogen-bond donors (Lipinski definition) is 2. The van der Waals surface area contributed by atoms with E-state index in [1.165, 1.54) is 0 Å². The summed E-state index contributed by atoms with van der Waals surface area (Å²) in [4.78, 5) is 20.9. The van der Waals surface area contributed by atoms with E-state index in [0.717, 1.165) is 0 Å². The van der Waals surface area contributed by atoms with Gasteiger partial charge in [-0.1, -0.05) is 0 Å². The van der Waals surface area contributed by atoms with E-state index >= 15 is 0 Å². The van der Waals surface area contributed by atoms with Crippen molar-refractivity contribution < 1.29 is 9.59 Å². The van der Waals surface area contributed by atoms with Gasteiger partial charge in [0.1, 0.15) is 0 Å². The van der Waals surface area contributed by atoms with Crippen LogP contribution in [0.3, 0.4) is 0 Å². The molecule has 0 saturated heterocycles. The van der Waals surface area contributed by atoms with Crippen LogP contribution in [0.4, 0.5) is 0 Å². The predicted molar refractivity (Wildman–Crippen MR) is 56.5 cm³/mol. The standard InChI is InChI=1S/C6H8Cl2O2S2/c7-4(9)2-1-3(11)5(12)6(8)10/h3,5,11-12H,1-2H2.